The Kier molecular flexibility index (Phi) is 3.50. The van der Waals surface area contributed by atoms with Gasteiger partial charge in [0.25, 0.3) is 0 Å². The van der Waals surface area contributed by atoms with E-state index in [4.69, 9.17) is 0 Å². The van der Waals surface area contributed by atoms with Gasteiger partial charge in [0, 0.05) is 21.5 Å². The van der Waals surface area contributed by atoms with Crippen LogP contribution in [0.3, 0.4) is 0 Å². The zero-order chi connectivity index (χ0) is 11.5. The highest BCUT2D eigenvalue weighted by molar-refractivity contribution is 14.1. The molecule has 0 spiro atoms. The van der Waals surface area contributed by atoms with Crippen molar-refractivity contribution in [3.05, 3.63) is 57.2 Å². The third kappa shape index (κ3) is 2.22. The molecule has 1 atom stereocenters. The summed E-state index contributed by atoms with van der Waals surface area (Å²) in [4.78, 5) is 8.07. The van der Waals surface area contributed by atoms with Gasteiger partial charge in [0.1, 0.15) is 6.10 Å². The third-order valence-corrected chi connectivity index (χ3v) is 3.85. The van der Waals surface area contributed by atoms with E-state index in [0.29, 0.717) is 5.69 Å². The first kappa shape index (κ1) is 11.5. The van der Waals surface area contributed by atoms with Crippen LogP contribution in [-0.4, -0.2) is 15.1 Å². The van der Waals surface area contributed by atoms with Crippen LogP contribution in [0.5, 0.6) is 0 Å². The standard InChI is InChI=1S/C12H11IN2O/c1-8-3-2-4-9(11(8)13)12(16)10-7-14-5-6-15-10/h2-7,12,16H,1H3. The quantitative estimate of drug-likeness (QED) is 0.863. The first-order valence-corrected chi connectivity index (χ1v) is 5.97. The first-order valence-electron chi connectivity index (χ1n) is 4.89. The van der Waals surface area contributed by atoms with Crippen LogP contribution in [-0.2, 0) is 0 Å². The second-order valence-electron chi connectivity index (χ2n) is 3.51. The molecule has 0 bridgehead atoms. The van der Waals surface area contributed by atoms with E-state index in [-0.39, 0.29) is 0 Å². The Morgan fingerprint density at radius 1 is 1.31 bits per heavy atom. The molecule has 2 rings (SSSR count). The number of aliphatic hydroxyl groups is 1. The molecule has 1 heterocycles. The topological polar surface area (TPSA) is 46.0 Å². The van der Waals surface area contributed by atoms with Crippen LogP contribution < -0.4 is 0 Å². The number of rotatable bonds is 2. The van der Waals surface area contributed by atoms with E-state index in [2.05, 4.69) is 32.6 Å². The average molecular weight is 326 g/mol. The molecular formula is C12H11IN2O. The van der Waals surface area contributed by atoms with Crippen LogP contribution in [0.25, 0.3) is 0 Å². The molecule has 0 amide bonds. The highest BCUT2D eigenvalue weighted by Crippen LogP contribution is 2.26. The fourth-order valence-electron chi connectivity index (χ4n) is 1.49. The summed E-state index contributed by atoms with van der Waals surface area (Å²) in [6, 6.07) is 5.87. The number of aromatic nitrogens is 2. The maximum Gasteiger partial charge on any atom is 0.124 e. The molecule has 0 aliphatic heterocycles. The van der Waals surface area contributed by atoms with Crippen molar-refractivity contribution < 1.29 is 5.11 Å². The Hall–Kier alpha value is -1.01. The number of aryl methyl sites for hydroxylation is 1. The number of hydrogen-bond donors (Lipinski definition) is 1. The van der Waals surface area contributed by atoms with E-state index >= 15 is 0 Å². The summed E-state index contributed by atoms with van der Waals surface area (Å²) in [5, 5.41) is 10.2. The fourth-order valence-corrected chi connectivity index (χ4v) is 2.15. The van der Waals surface area contributed by atoms with E-state index in [0.717, 1.165) is 14.7 Å². The number of hydrogen-bond acceptors (Lipinski definition) is 3. The van der Waals surface area contributed by atoms with Crippen LogP contribution in [0.4, 0.5) is 0 Å². The largest absolute Gasteiger partial charge is 0.382 e. The minimum absolute atomic E-state index is 0.575. The number of aliphatic hydroxyl groups excluding tert-OH is 1. The molecule has 0 fully saturated rings. The lowest BCUT2D eigenvalue weighted by Gasteiger charge is -2.13. The maximum atomic E-state index is 10.2. The molecule has 1 aromatic heterocycles. The van der Waals surface area contributed by atoms with Gasteiger partial charge in [-0.1, -0.05) is 18.2 Å². The van der Waals surface area contributed by atoms with Crippen LogP contribution >= 0.6 is 22.6 Å². The number of halogens is 1. The number of nitrogens with zero attached hydrogens (tertiary/aromatic N) is 2. The maximum absolute atomic E-state index is 10.2. The molecule has 0 saturated heterocycles. The SMILES string of the molecule is Cc1cccc(C(O)c2cnccn2)c1I. The molecular weight excluding hydrogens is 315 g/mol. The van der Waals surface area contributed by atoms with Gasteiger partial charge < -0.3 is 5.11 Å². The van der Waals surface area contributed by atoms with Gasteiger partial charge in [-0.15, -0.1) is 0 Å². The zero-order valence-electron chi connectivity index (χ0n) is 8.76. The molecule has 16 heavy (non-hydrogen) atoms. The average Bonchev–Trinajstić information content (AvgIpc) is 2.33. The van der Waals surface area contributed by atoms with Crippen LogP contribution in [0.2, 0.25) is 0 Å². The van der Waals surface area contributed by atoms with Gasteiger partial charge >= 0.3 is 0 Å². The van der Waals surface area contributed by atoms with Gasteiger partial charge in [-0.05, 0) is 35.1 Å². The second kappa shape index (κ2) is 4.88. The molecule has 3 nitrogen and oxygen atoms in total. The summed E-state index contributed by atoms with van der Waals surface area (Å²) in [6.45, 7) is 2.02. The lowest BCUT2D eigenvalue weighted by molar-refractivity contribution is 0.214. The summed E-state index contributed by atoms with van der Waals surface area (Å²) >= 11 is 2.24. The van der Waals surface area contributed by atoms with Gasteiger partial charge in [0.2, 0.25) is 0 Å². The van der Waals surface area contributed by atoms with Gasteiger partial charge in [-0.3, -0.25) is 9.97 Å². The van der Waals surface area contributed by atoms with Gasteiger partial charge in [0.15, 0.2) is 0 Å². The van der Waals surface area contributed by atoms with E-state index in [1.807, 2.05) is 25.1 Å². The molecule has 0 aliphatic rings. The van der Waals surface area contributed by atoms with Crippen molar-refractivity contribution in [2.24, 2.45) is 0 Å². The van der Waals surface area contributed by atoms with E-state index in [1.54, 1.807) is 18.6 Å². The van der Waals surface area contributed by atoms with Gasteiger partial charge in [0.05, 0.1) is 11.9 Å². The summed E-state index contributed by atoms with van der Waals surface area (Å²) < 4.78 is 1.07. The van der Waals surface area contributed by atoms with Crippen molar-refractivity contribution in [1.82, 2.24) is 9.97 Å². The third-order valence-electron chi connectivity index (χ3n) is 2.38. The predicted molar refractivity (Wildman–Crippen MR) is 70.0 cm³/mol. The molecule has 4 heteroatoms. The van der Waals surface area contributed by atoms with Crippen molar-refractivity contribution in [2.45, 2.75) is 13.0 Å². The molecule has 0 saturated carbocycles. The highest BCUT2D eigenvalue weighted by atomic mass is 127. The Morgan fingerprint density at radius 3 is 2.81 bits per heavy atom. The van der Waals surface area contributed by atoms with E-state index in [1.165, 1.54) is 0 Å². The lowest BCUT2D eigenvalue weighted by Crippen LogP contribution is -2.05. The zero-order valence-corrected chi connectivity index (χ0v) is 10.9. The molecule has 1 N–H and O–H groups in total. The minimum Gasteiger partial charge on any atom is -0.382 e. The molecule has 0 aliphatic carbocycles. The van der Waals surface area contributed by atoms with Crippen LogP contribution in [0.15, 0.2) is 36.8 Å². The minimum atomic E-state index is -0.708. The van der Waals surface area contributed by atoms with E-state index in [9.17, 15) is 5.11 Å². The molecule has 0 radical (unpaired) electrons. The molecule has 82 valence electrons. The lowest BCUT2D eigenvalue weighted by atomic mass is 10.0. The Labute approximate surface area is 108 Å². The number of benzene rings is 1. The summed E-state index contributed by atoms with van der Waals surface area (Å²) in [5.74, 6) is 0. The summed E-state index contributed by atoms with van der Waals surface area (Å²) in [7, 11) is 0. The van der Waals surface area contributed by atoms with Crippen molar-refractivity contribution in [3.8, 4) is 0 Å². The molecule has 1 aromatic carbocycles. The summed E-state index contributed by atoms with van der Waals surface area (Å²) in [6.07, 6.45) is 4.06. The van der Waals surface area contributed by atoms with Crippen molar-refractivity contribution in [3.63, 3.8) is 0 Å². The normalized spacial score (nSPS) is 12.4. The van der Waals surface area contributed by atoms with Crippen molar-refractivity contribution >= 4 is 22.6 Å². The van der Waals surface area contributed by atoms with Crippen LogP contribution in [0.1, 0.15) is 22.9 Å². The smallest absolute Gasteiger partial charge is 0.124 e. The predicted octanol–water partition coefficient (Wildman–Crippen LogP) is 2.47. The van der Waals surface area contributed by atoms with Gasteiger partial charge in [-0.25, -0.2) is 0 Å². The van der Waals surface area contributed by atoms with Crippen LogP contribution in [0, 0.1) is 10.5 Å². The first-order chi connectivity index (χ1) is 7.70. The van der Waals surface area contributed by atoms with E-state index < -0.39 is 6.10 Å². The Balaban J connectivity index is 2.42. The highest BCUT2D eigenvalue weighted by Gasteiger charge is 2.15. The van der Waals surface area contributed by atoms with Crippen molar-refractivity contribution in [2.75, 3.05) is 0 Å². The Bertz CT molecular complexity index is 488. The monoisotopic (exact) mass is 326 g/mol. The van der Waals surface area contributed by atoms with Crippen molar-refractivity contribution in [1.29, 1.82) is 0 Å². The van der Waals surface area contributed by atoms with Gasteiger partial charge in [-0.2, -0.15) is 0 Å². The fraction of sp³-hybridized carbons (Fsp3) is 0.167. The molecule has 2 aromatic rings. The summed E-state index contributed by atoms with van der Waals surface area (Å²) in [5.41, 5.74) is 2.60. The Morgan fingerprint density at radius 2 is 2.12 bits per heavy atom. The second-order valence-corrected chi connectivity index (χ2v) is 4.59. The molecule has 1 unspecified atom stereocenters.